The molecule has 0 saturated carbocycles. The number of aliphatic hydroxyl groups is 2. The number of ether oxygens (including phenoxy) is 2. The van der Waals surface area contributed by atoms with Gasteiger partial charge in [0.05, 0.1) is 13.4 Å². The topological polar surface area (TPSA) is 126 Å². The van der Waals surface area contributed by atoms with E-state index in [0.29, 0.717) is 0 Å². The lowest BCUT2D eigenvalue weighted by molar-refractivity contribution is -0.174. The molecule has 0 unspecified atom stereocenters. The Morgan fingerprint density at radius 1 is 1.38 bits per heavy atom. The minimum atomic E-state index is -2.75. The molecule has 0 spiro atoms. The van der Waals surface area contributed by atoms with E-state index in [1.165, 1.54) is 25.1 Å². The highest BCUT2D eigenvalue weighted by Crippen LogP contribution is 2.39. The fourth-order valence-corrected chi connectivity index (χ4v) is 2.66. The lowest BCUT2D eigenvalue weighted by Crippen LogP contribution is -2.50. The predicted octanol–water partition coefficient (Wildman–Crippen LogP) is 0.516. The van der Waals surface area contributed by atoms with Gasteiger partial charge in [-0.2, -0.15) is 0 Å². The number of hydrogen-bond acceptors (Lipinski definition) is 8. The van der Waals surface area contributed by atoms with Crippen LogP contribution in [0.25, 0.3) is 11.0 Å². The van der Waals surface area contributed by atoms with E-state index in [0.717, 1.165) is 13.4 Å². The number of hydrogen-bond donors (Lipinski definition) is 3. The predicted molar refractivity (Wildman–Crippen MR) is 80.5 cm³/mol. The average Bonchev–Trinajstić information content (AvgIpc) is 2.65. The van der Waals surface area contributed by atoms with Crippen LogP contribution in [0.4, 0.5) is 0 Å². The van der Waals surface area contributed by atoms with E-state index in [2.05, 4.69) is 4.74 Å². The molecule has 0 aliphatic carbocycles. The first-order valence-corrected chi connectivity index (χ1v) is 6.93. The molecule has 1 aromatic heterocycles. The van der Waals surface area contributed by atoms with Crippen molar-refractivity contribution in [2.24, 2.45) is 0 Å². The molecule has 126 valence electrons. The van der Waals surface area contributed by atoms with E-state index < -0.39 is 40.4 Å². The molecule has 0 radical (unpaired) electrons. The summed E-state index contributed by atoms with van der Waals surface area (Å²) in [4.78, 5) is 25.0. The maximum atomic E-state index is 12.8. The number of fused-ring (bicyclic) bond motifs is 2. The molecule has 3 N–H and O–H groups in total. The van der Waals surface area contributed by atoms with Gasteiger partial charge in [0.1, 0.15) is 28.4 Å². The second-order valence-corrected chi connectivity index (χ2v) is 5.38. The number of phenolic OH excluding ortho intramolecular Hbond substituents is 1. The molecule has 1 aliphatic rings. The van der Waals surface area contributed by atoms with Gasteiger partial charge < -0.3 is 29.2 Å². The third-order valence-corrected chi connectivity index (χ3v) is 3.92. The fourth-order valence-electron chi connectivity index (χ4n) is 2.66. The standard InChI is InChI=1S/C16H14O8/c1-7-6-23-14-11(16(21,13(7)19)15(20)22-2)12(18)10-8(17)4-3-5-9(10)24-14/h3-6,13,17,19,21H,1-2H3/t13-,16-/m1/s1. The van der Waals surface area contributed by atoms with Crippen LogP contribution < -0.4 is 10.2 Å². The van der Waals surface area contributed by atoms with E-state index in [-0.39, 0.29) is 16.5 Å². The third kappa shape index (κ3) is 2.00. The van der Waals surface area contributed by atoms with Crippen molar-refractivity contribution >= 4 is 16.9 Å². The van der Waals surface area contributed by atoms with E-state index in [1.807, 2.05) is 0 Å². The summed E-state index contributed by atoms with van der Waals surface area (Å²) in [6, 6.07) is 4.11. The normalized spacial score (nSPS) is 23.0. The van der Waals surface area contributed by atoms with Gasteiger partial charge in [-0.05, 0) is 24.6 Å². The van der Waals surface area contributed by atoms with Crippen molar-refractivity contribution in [3.05, 3.63) is 45.8 Å². The van der Waals surface area contributed by atoms with Crippen LogP contribution in [0.2, 0.25) is 0 Å². The van der Waals surface area contributed by atoms with E-state index >= 15 is 0 Å². The van der Waals surface area contributed by atoms with Gasteiger partial charge in [0.25, 0.3) is 0 Å². The number of carbonyl (C=O) groups is 1. The van der Waals surface area contributed by atoms with Gasteiger partial charge in [-0.15, -0.1) is 0 Å². The maximum absolute atomic E-state index is 12.8. The van der Waals surface area contributed by atoms with Crippen LogP contribution >= 0.6 is 0 Å². The smallest absolute Gasteiger partial charge is 0.346 e. The molecule has 8 heteroatoms. The lowest BCUT2D eigenvalue weighted by Gasteiger charge is -2.28. The first-order chi connectivity index (χ1) is 11.3. The minimum absolute atomic E-state index is 0.00610. The molecule has 1 aromatic carbocycles. The number of methoxy groups -OCH3 is 1. The number of phenols is 1. The van der Waals surface area contributed by atoms with Crippen molar-refractivity contribution < 1.29 is 34.0 Å². The van der Waals surface area contributed by atoms with Crippen LogP contribution in [0.3, 0.4) is 0 Å². The number of aliphatic hydroxyl groups excluding tert-OH is 1. The Balaban J connectivity index is 2.48. The summed E-state index contributed by atoms with van der Waals surface area (Å²) in [6.45, 7) is 1.39. The summed E-state index contributed by atoms with van der Waals surface area (Å²) in [7, 11) is 0.998. The monoisotopic (exact) mass is 334 g/mol. The Labute approximate surface area is 135 Å². The Morgan fingerprint density at radius 2 is 2.08 bits per heavy atom. The zero-order chi connectivity index (χ0) is 17.6. The molecule has 2 heterocycles. The Morgan fingerprint density at radius 3 is 2.75 bits per heavy atom. The van der Waals surface area contributed by atoms with Crippen molar-refractivity contribution in [3.8, 4) is 11.7 Å². The third-order valence-electron chi connectivity index (χ3n) is 3.92. The van der Waals surface area contributed by atoms with Crippen molar-refractivity contribution in [1.29, 1.82) is 0 Å². The zero-order valence-corrected chi connectivity index (χ0v) is 12.8. The van der Waals surface area contributed by atoms with E-state index in [9.17, 15) is 24.9 Å². The molecule has 0 amide bonds. The highest BCUT2D eigenvalue weighted by atomic mass is 16.6. The zero-order valence-electron chi connectivity index (χ0n) is 12.8. The van der Waals surface area contributed by atoms with Gasteiger partial charge in [-0.1, -0.05) is 6.07 Å². The van der Waals surface area contributed by atoms with Crippen LogP contribution in [-0.2, 0) is 15.1 Å². The van der Waals surface area contributed by atoms with Crippen molar-refractivity contribution in [3.63, 3.8) is 0 Å². The number of rotatable bonds is 1. The van der Waals surface area contributed by atoms with Gasteiger partial charge in [-0.3, -0.25) is 4.79 Å². The molecule has 0 saturated heterocycles. The van der Waals surface area contributed by atoms with Gasteiger partial charge in [0.15, 0.2) is 0 Å². The van der Waals surface area contributed by atoms with Gasteiger partial charge in [0.2, 0.25) is 11.0 Å². The molecule has 1 aliphatic heterocycles. The molecule has 0 fully saturated rings. The Kier molecular flexibility index (Phi) is 3.58. The summed E-state index contributed by atoms with van der Waals surface area (Å²) >= 11 is 0. The van der Waals surface area contributed by atoms with Crippen molar-refractivity contribution in [1.82, 2.24) is 0 Å². The Hall–Kier alpha value is -2.84. The first-order valence-electron chi connectivity index (χ1n) is 6.93. The molecular formula is C16H14O8. The van der Waals surface area contributed by atoms with Crippen LogP contribution in [0, 0.1) is 0 Å². The Bertz CT molecular complexity index is 926. The van der Waals surface area contributed by atoms with E-state index in [1.54, 1.807) is 0 Å². The molecule has 2 atom stereocenters. The SMILES string of the molecule is COC(=O)[C@@]1(O)c2c(oc3cccc(O)c3c2=O)OC=C(C)[C@H]1O. The molecule has 0 bridgehead atoms. The first kappa shape index (κ1) is 16.0. The van der Waals surface area contributed by atoms with E-state index in [4.69, 9.17) is 9.15 Å². The minimum Gasteiger partial charge on any atom is -0.507 e. The molecule has 3 rings (SSSR count). The van der Waals surface area contributed by atoms with Crippen LogP contribution in [0.5, 0.6) is 11.7 Å². The van der Waals surface area contributed by atoms with Gasteiger partial charge >= 0.3 is 11.9 Å². The highest BCUT2D eigenvalue weighted by molar-refractivity contribution is 5.88. The van der Waals surface area contributed by atoms with Gasteiger partial charge in [0, 0.05) is 0 Å². The van der Waals surface area contributed by atoms with Crippen LogP contribution in [-0.4, -0.2) is 34.5 Å². The highest BCUT2D eigenvalue weighted by Gasteiger charge is 2.53. The maximum Gasteiger partial charge on any atom is 0.346 e. The van der Waals surface area contributed by atoms with Crippen LogP contribution in [0.15, 0.2) is 39.2 Å². The number of esters is 1. The van der Waals surface area contributed by atoms with Gasteiger partial charge in [-0.25, -0.2) is 4.79 Å². The molecular weight excluding hydrogens is 320 g/mol. The lowest BCUT2D eigenvalue weighted by atomic mass is 9.85. The summed E-state index contributed by atoms with van der Waals surface area (Å²) < 4.78 is 15.2. The number of aromatic hydroxyl groups is 1. The quantitative estimate of drug-likeness (QED) is 0.644. The summed E-state index contributed by atoms with van der Waals surface area (Å²) in [6.07, 6.45) is -0.750. The summed E-state index contributed by atoms with van der Waals surface area (Å²) in [5, 5.41) is 30.9. The number of benzene rings is 1. The molecule has 24 heavy (non-hydrogen) atoms. The second kappa shape index (κ2) is 5.36. The number of carbonyl (C=O) groups excluding carboxylic acids is 1. The molecule has 2 aromatic rings. The largest absolute Gasteiger partial charge is 0.507 e. The summed E-state index contributed by atoms with van der Waals surface area (Å²) in [5.41, 5.74) is -4.25. The second-order valence-electron chi connectivity index (χ2n) is 5.38. The summed E-state index contributed by atoms with van der Waals surface area (Å²) in [5.74, 6) is -2.14. The molecule has 8 nitrogen and oxygen atoms in total. The van der Waals surface area contributed by atoms with Crippen LogP contribution in [0.1, 0.15) is 12.5 Å². The fraction of sp³-hybridized carbons (Fsp3) is 0.250. The average molecular weight is 334 g/mol. The van der Waals surface area contributed by atoms with Crippen molar-refractivity contribution in [2.45, 2.75) is 18.6 Å². The van der Waals surface area contributed by atoms with Crippen molar-refractivity contribution in [2.75, 3.05) is 7.11 Å².